The topological polar surface area (TPSA) is 66.1 Å². The van der Waals surface area contributed by atoms with Gasteiger partial charge in [-0.3, -0.25) is 9.59 Å². The van der Waals surface area contributed by atoms with Gasteiger partial charge in [0.05, 0.1) is 5.39 Å². The number of aromatic amines is 1. The molecule has 5 nitrogen and oxygen atoms in total. The van der Waals surface area contributed by atoms with Gasteiger partial charge in [0.1, 0.15) is 0 Å². The lowest BCUT2D eigenvalue weighted by molar-refractivity contribution is 0.0743. The van der Waals surface area contributed by atoms with Gasteiger partial charge in [0, 0.05) is 24.2 Å². The van der Waals surface area contributed by atoms with Crippen molar-refractivity contribution >= 4 is 28.4 Å². The highest BCUT2D eigenvalue weighted by molar-refractivity contribution is 7.99. The molecular formula is C14H15N3O2S. The third-order valence-corrected chi connectivity index (χ3v) is 4.82. The van der Waals surface area contributed by atoms with Crippen molar-refractivity contribution in [2.45, 2.75) is 12.5 Å². The van der Waals surface area contributed by atoms with E-state index in [-0.39, 0.29) is 17.5 Å². The fourth-order valence-corrected chi connectivity index (χ4v) is 3.71. The summed E-state index contributed by atoms with van der Waals surface area (Å²) in [5.74, 6) is 1.91. The summed E-state index contributed by atoms with van der Waals surface area (Å²) in [4.78, 5) is 26.1. The third kappa shape index (κ3) is 2.20. The molecule has 1 aliphatic heterocycles. The van der Waals surface area contributed by atoms with Crippen LogP contribution in [0.1, 0.15) is 16.9 Å². The fourth-order valence-electron chi connectivity index (χ4n) is 2.44. The highest BCUT2D eigenvalue weighted by atomic mass is 32.2. The van der Waals surface area contributed by atoms with E-state index in [0.29, 0.717) is 16.5 Å². The van der Waals surface area contributed by atoms with Crippen LogP contribution in [-0.4, -0.2) is 45.6 Å². The Morgan fingerprint density at radius 3 is 2.85 bits per heavy atom. The van der Waals surface area contributed by atoms with E-state index in [0.717, 1.165) is 17.9 Å². The van der Waals surface area contributed by atoms with Crippen LogP contribution in [0.5, 0.6) is 0 Å². The van der Waals surface area contributed by atoms with Crippen LogP contribution in [0.3, 0.4) is 0 Å². The minimum absolute atomic E-state index is 0.134. The van der Waals surface area contributed by atoms with Crippen molar-refractivity contribution < 1.29 is 4.79 Å². The molecule has 1 amide bonds. The van der Waals surface area contributed by atoms with Gasteiger partial charge in [-0.25, -0.2) is 5.10 Å². The van der Waals surface area contributed by atoms with Crippen LogP contribution in [0.2, 0.25) is 0 Å². The maximum Gasteiger partial charge on any atom is 0.274 e. The minimum atomic E-state index is -0.267. The van der Waals surface area contributed by atoms with Crippen molar-refractivity contribution in [1.82, 2.24) is 15.1 Å². The average molecular weight is 289 g/mol. The van der Waals surface area contributed by atoms with E-state index < -0.39 is 0 Å². The first kappa shape index (κ1) is 13.2. The van der Waals surface area contributed by atoms with E-state index in [1.54, 1.807) is 30.1 Å². The van der Waals surface area contributed by atoms with Gasteiger partial charge in [-0.05, 0) is 18.2 Å². The molecule has 6 heteroatoms. The molecule has 0 aliphatic carbocycles. The molecule has 0 bridgehead atoms. The molecular weight excluding hydrogens is 274 g/mol. The molecule has 1 atom stereocenters. The van der Waals surface area contributed by atoms with Crippen molar-refractivity contribution in [1.29, 1.82) is 0 Å². The molecule has 0 saturated carbocycles. The second-order valence-corrected chi connectivity index (χ2v) is 6.03. The first-order valence-electron chi connectivity index (χ1n) is 6.51. The number of benzene rings is 1. The van der Waals surface area contributed by atoms with E-state index in [4.69, 9.17) is 0 Å². The molecule has 1 aliphatic rings. The van der Waals surface area contributed by atoms with E-state index in [2.05, 4.69) is 10.2 Å². The average Bonchev–Trinajstić information content (AvgIpc) is 3.01. The molecule has 1 aromatic carbocycles. The van der Waals surface area contributed by atoms with E-state index in [9.17, 15) is 9.59 Å². The van der Waals surface area contributed by atoms with E-state index in [1.165, 1.54) is 0 Å². The Morgan fingerprint density at radius 2 is 2.15 bits per heavy atom. The summed E-state index contributed by atoms with van der Waals surface area (Å²) < 4.78 is 0. The lowest BCUT2D eigenvalue weighted by atomic mass is 10.1. The summed E-state index contributed by atoms with van der Waals surface area (Å²) >= 11 is 1.86. The number of amides is 1. The number of hydrogen-bond acceptors (Lipinski definition) is 4. The smallest absolute Gasteiger partial charge is 0.274 e. The molecule has 1 saturated heterocycles. The predicted octanol–water partition coefficient (Wildman–Crippen LogP) is 1.50. The van der Waals surface area contributed by atoms with Crippen LogP contribution in [0.25, 0.3) is 10.8 Å². The van der Waals surface area contributed by atoms with Gasteiger partial charge in [0.2, 0.25) is 0 Å². The molecule has 20 heavy (non-hydrogen) atoms. The van der Waals surface area contributed by atoms with Crippen LogP contribution in [0.4, 0.5) is 0 Å². The Balaban J connectivity index is 2.03. The highest BCUT2D eigenvalue weighted by Crippen LogP contribution is 2.23. The van der Waals surface area contributed by atoms with Crippen LogP contribution in [0.15, 0.2) is 29.1 Å². The standard InChI is InChI=1S/C14H15N3O2S/c1-17(9-6-7-20-8-9)14(19)12-10-4-2-3-5-11(10)13(18)16-15-12/h2-5,9H,6-8H2,1H3,(H,16,18). The Kier molecular flexibility index (Phi) is 3.48. The van der Waals surface area contributed by atoms with Gasteiger partial charge in [0.15, 0.2) is 5.69 Å². The second kappa shape index (κ2) is 5.28. The molecule has 1 unspecified atom stereocenters. The lowest BCUT2D eigenvalue weighted by Gasteiger charge is -2.23. The molecule has 0 radical (unpaired) electrons. The van der Waals surface area contributed by atoms with Crippen LogP contribution >= 0.6 is 11.8 Å². The maximum absolute atomic E-state index is 12.6. The van der Waals surface area contributed by atoms with Crippen molar-refractivity contribution in [2.75, 3.05) is 18.6 Å². The summed E-state index contributed by atoms with van der Waals surface area (Å²) in [6.07, 6.45) is 1.01. The third-order valence-electron chi connectivity index (χ3n) is 3.67. The van der Waals surface area contributed by atoms with Crippen molar-refractivity contribution in [3.63, 3.8) is 0 Å². The largest absolute Gasteiger partial charge is 0.336 e. The molecule has 0 spiro atoms. The number of nitrogens with zero attached hydrogens (tertiary/aromatic N) is 2. The number of H-pyrrole nitrogens is 1. The summed E-state index contributed by atoms with van der Waals surface area (Å²) in [6.45, 7) is 0. The predicted molar refractivity (Wildman–Crippen MR) is 80.2 cm³/mol. The summed E-state index contributed by atoms with van der Waals surface area (Å²) in [5.41, 5.74) is 0.0517. The van der Waals surface area contributed by atoms with Crippen molar-refractivity contribution in [2.24, 2.45) is 0 Å². The van der Waals surface area contributed by atoms with Gasteiger partial charge in [-0.2, -0.15) is 16.9 Å². The van der Waals surface area contributed by atoms with Crippen LogP contribution < -0.4 is 5.56 Å². The number of carbonyl (C=O) groups excluding carboxylic acids is 1. The van der Waals surface area contributed by atoms with Gasteiger partial charge in [-0.1, -0.05) is 18.2 Å². The monoisotopic (exact) mass is 289 g/mol. The minimum Gasteiger partial charge on any atom is -0.336 e. The number of thioether (sulfide) groups is 1. The highest BCUT2D eigenvalue weighted by Gasteiger charge is 2.26. The summed E-state index contributed by atoms with van der Waals surface area (Å²) in [7, 11) is 1.81. The van der Waals surface area contributed by atoms with Gasteiger partial charge in [0.25, 0.3) is 11.5 Å². The first-order valence-corrected chi connectivity index (χ1v) is 7.66. The molecule has 2 aromatic rings. The number of fused-ring (bicyclic) bond motifs is 1. The number of hydrogen-bond donors (Lipinski definition) is 1. The number of aromatic nitrogens is 2. The van der Waals surface area contributed by atoms with E-state index >= 15 is 0 Å². The van der Waals surface area contributed by atoms with Crippen molar-refractivity contribution in [3.8, 4) is 0 Å². The second-order valence-electron chi connectivity index (χ2n) is 4.88. The van der Waals surface area contributed by atoms with E-state index in [1.807, 2.05) is 17.8 Å². The van der Waals surface area contributed by atoms with Gasteiger partial charge < -0.3 is 4.90 Å². The first-order chi connectivity index (χ1) is 9.68. The fraction of sp³-hybridized carbons (Fsp3) is 0.357. The molecule has 1 aromatic heterocycles. The lowest BCUT2D eigenvalue weighted by Crippen LogP contribution is -2.38. The summed E-state index contributed by atoms with van der Waals surface area (Å²) in [5, 5.41) is 7.48. The zero-order valence-electron chi connectivity index (χ0n) is 11.1. The Labute approximate surface area is 120 Å². The molecule has 2 heterocycles. The van der Waals surface area contributed by atoms with Crippen molar-refractivity contribution in [3.05, 3.63) is 40.3 Å². The molecule has 104 valence electrons. The zero-order chi connectivity index (χ0) is 14.1. The molecule has 1 fully saturated rings. The van der Waals surface area contributed by atoms with Crippen LogP contribution in [-0.2, 0) is 0 Å². The number of rotatable bonds is 2. The number of nitrogens with one attached hydrogen (secondary N) is 1. The quantitative estimate of drug-likeness (QED) is 0.910. The maximum atomic E-state index is 12.6. The Hall–Kier alpha value is -1.82. The summed E-state index contributed by atoms with van der Waals surface area (Å²) in [6, 6.07) is 7.31. The SMILES string of the molecule is CN(C(=O)c1n[nH]c(=O)c2ccccc12)C1CCSC1. The van der Waals surface area contributed by atoms with Gasteiger partial charge in [-0.15, -0.1) is 0 Å². The molecule has 1 N–H and O–H groups in total. The van der Waals surface area contributed by atoms with Gasteiger partial charge >= 0.3 is 0 Å². The Morgan fingerprint density at radius 1 is 1.40 bits per heavy atom. The zero-order valence-corrected chi connectivity index (χ0v) is 11.9. The number of carbonyl (C=O) groups is 1. The Bertz CT molecular complexity index is 707. The normalized spacial score (nSPS) is 18.4. The molecule has 3 rings (SSSR count). The van der Waals surface area contributed by atoms with Crippen LogP contribution in [0, 0.1) is 0 Å².